The van der Waals surface area contributed by atoms with E-state index in [9.17, 15) is 9.65 Å². The highest BCUT2D eigenvalue weighted by molar-refractivity contribution is 7.23. The van der Waals surface area contributed by atoms with Gasteiger partial charge in [0.15, 0.2) is 11.6 Å². The molecule has 0 saturated carbocycles. The van der Waals surface area contributed by atoms with Crippen LogP contribution < -0.4 is 20.1 Å². The summed E-state index contributed by atoms with van der Waals surface area (Å²) in [6.07, 6.45) is 6.12. The lowest BCUT2D eigenvalue weighted by Crippen LogP contribution is -2.45. The summed E-state index contributed by atoms with van der Waals surface area (Å²) in [5.41, 5.74) is 6.42. The fraction of sp³-hybridized carbons (Fsp3) is 0.469. The number of thiophene rings is 1. The number of halogens is 3. The third-order valence-electron chi connectivity index (χ3n) is 9.21. The minimum absolute atomic E-state index is 0.0163. The molecular weight excluding hydrogens is 606 g/mol. The molecule has 44 heavy (non-hydrogen) atoms. The lowest BCUT2D eigenvalue weighted by atomic mass is 9.86. The summed E-state index contributed by atoms with van der Waals surface area (Å²) >= 11 is 8.00. The Kier molecular flexibility index (Phi) is 7.63. The maximum absolute atomic E-state index is 17.1. The van der Waals surface area contributed by atoms with Gasteiger partial charge in [0, 0.05) is 42.4 Å². The number of anilines is 2. The number of fused-ring (bicyclic) bond motifs is 3. The Morgan fingerprint density at radius 3 is 2.77 bits per heavy atom. The normalized spacial score (nSPS) is 21.8. The second kappa shape index (κ2) is 11.5. The van der Waals surface area contributed by atoms with Gasteiger partial charge < -0.3 is 25.0 Å². The third-order valence-corrected chi connectivity index (χ3v) is 10.6. The van der Waals surface area contributed by atoms with Crippen LogP contribution in [0.15, 0.2) is 12.1 Å². The van der Waals surface area contributed by atoms with Gasteiger partial charge in [-0.05, 0) is 57.3 Å². The van der Waals surface area contributed by atoms with Gasteiger partial charge in [-0.1, -0.05) is 24.1 Å². The number of benzene rings is 2. The highest BCUT2D eigenvalue weighted by Crippen LogP contribution is 2.51. The molecule has 2 aromatic heterocycles. The highest BCUT2D eigenvalue weighted by Gasteiger charge is 2.36. The first-order valence-electron chi connectivity index (χ1n) is 15.1. The van der Waals surface area contributed by atoms with Crippen LogP contribution in [-0.4, -0.2) is 61.3 Å². The van der Waals surface area contributed by atoms with Gasteiger partial charge in [-0.2, -0.15) is 15.2 Å². The van der Waals surface area contributed by atoms with Gasteiger partial charge in [0.05, 0.1) is 33.9 Å². The van der Waals surface area contributed by atoms with Gasteiger partial charge in [-0.15, -0.1) is 11.3 Å². The number of ether oxygens (including phenoxy) is 2. The number of piperidine rings is 1. The largest absolute Gasteiger partial charge is 0.491 e. The Labute approximate surface area is 263 Å². The van der Waals surface area contributed by atoms with E-state index in [1.807, 2.05) is 14.1 Å². The van der Waals surface area contributed by atoms with Crippen molar-refractivity contribution in [1.29, 1.82) is 5.26 Å². The molecule has 7 rings (SSSR count). The second-order valence-corrected chi connectivity index (χ2v) is 13.8. The van der Waals surface area contributed by atoms with Crippen LogP contribution in [0.2, 0.25) is 5.02 Å². The lowest BCUT2D eigenvalue weighted by molar-refractivity contribution is 0.182. The summed E-state index contributed by atoms with van der Waals surface area (Å²) in [4.78, 5) is 14.0. The number of hydrogen-bond donors (Lipinski definition) is 1. The molecule has 4 aromatic rings. The molecule has 12 heteroatoms. The summed E-state index contributed by atoms with van der Waals surface area (Å²) < 4.78 is 44.7. The highest BCUT2D eigenvalue weighted by atomic mass is 35.5. The van der Waals surface area contributed by atoms with Crippen molar-refractivity contribution in [3.63, 3.8) is 0 Å². The van der Waals surface area contributed by atoms with Gasteiger partial charge in [-0.25, -0.2) is 8.78 Å². The van der Waals surface area contributed by atoms with Crippen molar-refractivity contribution in [2.24, 2.45) is 11.8 Å². The van der Waals surface area contributed by atoms with Crippen molar-refractivity contribution >= 4 is 54.7 Å². The number of hydrogen-bond acceptors (Lipinski definition) is 9. The Bertz CT molecular complexity index is 1830. The molecule has 3 atom stereocenters. The van der Waals surface area contributed by atoms with Crippen LogP contribution in [0.5, 0.6) is 11.8 Å². The van der Waals surface area contributed by atoms with E-state index in [1.54, 1.807) is 0 Å². The molecule has 2 N–H and O–H groups in total. The van der Waals surface area contributed by atoms with E-state index in [2.05, 4.69) is 20.9 Å². The van der Waals surface area contributed by atoms with Gasteiger partial charge in [0.2, 0.25) is 0 Å². The fourth-order valence-corrected chi connectivity index (χ4v) is 8.50. The van der Waals surface area contributed by atoms with Crippen LogP contribution in [-0.2, 0) is 0 Å². The summed E-state index contributed by atoms with van der Waals surface area (Å²) in [6.45, 7) is 2.44. The molecule has 0 spiro atoms. The zero-order valence-corrected chi connectivity index (χ0v) is 26.2. The first-order chi connectivity index (χ1) is 21.2. The standard InChI is InChI=1S/C32H33ClF2N6O2S/c1-40(2)13-17-5-3-4-16-6-7-18-10-11-42-28-24-27(38-32(43-15-17)39-31(24)41(18)14-16)26(35)23(25(28)33)19-8-9-21(34)29-22(19)20(12-36)30(37)44-29/h8-9,16-18H,3-7,10-11,13-15,37H2,1-2H3/t16-,17?,18+/m0/s1. The van der Waals surface area contributed by atoms with E-state index in [1.165, 1.54) is 12.1 Å². The number of rotatable bonds is 3. The minimum Gasteiger partial charge on any atom is -0.491 e. The number of nitrogen functional groups attached to an aromatic ring is 1. The van der Waals surface area contributed by atoms with E-state index >= 15 is 4.39 Å². The Hall–Kier alpha value is -3.46. The number of aromatic nitrogens is 2. The molecule has 8 nitrogen and oxygen atoms in total. The molecule has 1 unspecified atom stereocenters. The smallest absolute Gasteiger partial charge is 0.319 e. The molecule has 230 valence electrons. The van der Waals surface area contributed by atoms with Crippen molar-refractivity contribution in [1.82, 2.24) is 14.9 Å². The first-order valence-corrected chi connectivity index (χ1v) is 16.2. The minimum atomic E-state index is -0.713. The number of nitrogens with two attached hydrogens (primary N) is 1. The monoisotopic (exact) mass is 638 g/mol. The van der Waals surface area contributed by atoms with E-state index in [4.69, 9.17) is 31.8 Å². The SMILES string of the molecule is CN(C)CC1CCC[C@H]2CC[C@@H]3CCOc4c(Cl)c(-c5ccc(F)c6sc(N)c(C#N)c56)c(F)c5nc(nc(c45)N3C2)OC1. The van der Waals surface area contributed by atoms with E-state index in [-0.39, 0.29) is 66.0 Å². The lowest BCUT2D eigenvalue weighted by Gasteiger charge is -2.42. The van der Waals surface area contributed by atoms with E-state index in [0.717, 1.165) is 63.0 Å². The molecule has 1 fully saturated rings. The van der Waals surface area contributed by atoms with Gasteiger partial charge in [0.25, 0.3) is 0 Å². The molecule has 4 bridgehead atoms. The van der Waals surface area contributed by atoms with Gasteiger partial charge in [-0.3, -0.25) is 0 Å². The van der Waals surface area contributed by atoms with Crippen LogP contribution in [0, 0.1) is 34.8 Å². The third kappa shape index (κ3) is 4.88. The van der Waals surface area contributed by atoms with Crippen LogP contribution in [0.25, 0.3) is 32.1 Å². The molecule has 1 saturated heterocycles. The van der Waals surface area contributed by atoms with Gasteiger partial charge in [0.1, 0.15) is 28.2 Å². The molecule has 3 aliphatic rings. The maximum atomic E-state index is 17.1. The number of nitriles is 1. The maximum Gasteiger partial charge on any atom is 0.319 e. The zero-order valence-electron chi connectivity index (χ0n) is 24.6. The summed E-state index contributed by atoms with van der Waals surface area (Å²) in [7, 11) is 4.09. The summed E-state index contributed by atoms with van der Waals surface area (Å²) in [5.74, 6) is 0.332. The van der Waals surface area contributed by atoms with Gasteiger partial charge >= 0.3 is 6.01 Å². The molecule has 0 amide bonds. The molecule has 0 radical (unpaired) electrons. The van der Waals surface area contributed by atoms with Crippen LogP contribution in [0.3, 0.4) is 0 Å². The quantitative estimate of drug-likeness (QED) is 0.256. The van der Waals surface area contributed by atoms with Crippen LogP contribution in [0.1, 0.15) is 44.1 Å². The molecule has 0 aliphatic carbocycles. The summed E-state index contributed by atoms with van der Waals surface area (Å²) in [5, 5.41) is 10.7. The topological polar surface area (TPSA) is 101 Å². The molecule has 5 heterocycles. The number of nitrogens with zero attached hydrogens (tertiary/aromatic N) is 5. The molecule has 3 aliphatic heterocycles. The van der Waals surface area contributed by atoms with Crippen molar-refractivity contribution < 1.29 is 18.3 Å². The van der Waals surface area contributed by atoms with E-state index < -0.39 is 11.6 Å². The molecular formula is C32H33ClF2N6O2S. The molecule has 2 aromatic carbocycles. The van der Waals surface area contributed by atoms with Crippen molar-refractivity contribution in [3.8, 4) is 29.0 Å². The first kappa shape index (κ1) is 29.3. The predicted octanol–water partition coefficient (Wildman–Crippen LogP) is 7.00. The second-order valence-electron chi connectivity index (χ2n) is 12.4. The predicted molar refractivity (Wildman–Crippen MR) is 170 cm³/mol. The summed E-state index contributed by atoms with van der Waals surface area (Å²) in [6, 6.07) is 5.00. The van der Waals surface area contributed by atoms with Crippen LogP contribution >= 0.6 is 22.9 Å². The average Bonchev–Trinajstić information content (AvgIpc) is 3.33. The van der Waals surface area contributed by atoms with Crippen molar-refractivity contribution in [2.75, 3.05) is 51.0 Å². The van der Waals surface area contributed by atoms with Crippen LogP contribution in [0.4, 0.5) is 19.6 Å². The Morgan fingerprint density at radius 1 is 1.14 bits per heavy atom. The zero-order chi connectivity index (χ0) is 30.7. The Morgan fingerprint density at radius 2 is 1.98 bits per heavy atom. The van der Waals surface area contributed by atoms with Crippen molar-refractivity contribution in [3.05, 3.63) is 34.4 Å². The average molecular weight is 639 g/mol. The fourth-order valence-electron chi connectivity index (χ4n) is 7.21. The van der Waals surface area contributed by atoms with E-state index in [0.29, 0.717) is 30.3 Å². The Balaban J connectivity index is 1.50. The van der Waals surface area contributed by atoms with Crippen molar-refractivity contribution in [2.45, 2.75) is 44.6 Å².